The molecule has 0 saturated carbocycles. The van der Waals surface area contributed by atoms with Crippen LogP contribution in [-0.4, -0.2) is 25.7 Å². The van der Waals surface area contributed by atoms with E-state index in [4.69, 9.17) is 0 Å². The van der Waals surface area contributed by atoms with Crippen molar-refractivity contribution in [2.75, 3.05) is 5.32 Å². The highest BCUT2D eigenvalue weighted by Gasteiger charge is 2.29. The van der Waals surface area contributed by atoms with Gasteiger partial charge in [0.2, 0.25) is 0 Å². The Hall–Kier alpha value is -1.84. The van der Waals surface area contributed by atoms with Gasteiger partial charge in [0, 0.05) is 13.2 Å². The standard InChI is InChI=1S/C11H11BrF3N5O/c1-6-8(4-19(2)18-6)17-7-3-16-20(5-11(13,14)15)10(21)9(7)12/h3-4,17H,5H2,1-2H3. The minimum atomic E-state index is -4.51. The molecule has 0 amide bonds. The third-order valence-electron chi connectivity index (χ3n) is 2.60. The van der Waals surface area contributed by atoms with E-state index in [0.717, 1.165) is 6.20 Å². The maximum Gasteiger partial charge on any atom is 0.408 e. The van der Waals surface area contributed by atoms with Crippen LogP contribution >= 0.6 is 15.9 Å². The van der Waals surface area contributed by atoms with E-state index >= 15 is 0 Å². The lowest BCUT2D eigenvalue weighted by Crippen LogP contribution is -2.30. The summed E-state index contributed by atoms with van der Waals surface area (Å²) in [6, 6.07) is 0. The number of aryl methyl sites for hydroxylation is 2. The molecular formula is C11H11BrF3N5O. The predicted molar refractivity (Wildman–Crippen MR) is 73.5 cm³/mol. The number of alkyl halides is 3. The predicted octanol–water partition coefficient (Wildman–Crippen LogP) is 2.35. The topological polar surface area (TPSA) is 64.7 Å². The molecule has 0 saturated heterocycles. The Balaban J connectivity index is 2.33. The maximum absolute atomic E-state index is 12.3. The van der Waals surface area contributed by atoms with Crippen LogP contribution in [0, 0.1) is 6.92 Å². The molecule has 114 valence electrons. The van der Waals surface area contributed by atoms with Crippen molar-refractivity contribution in [2.24, 2.45) is 7.05 Å². The average molecular weight is 366 g/mol. The van der Waals surface area contributed by atoms with Gasteiger partial charge in [-0.15, -0.1) is 0 Å². The summed E-state index contributed by atoms with van der Waals surface area (Å²) in [6.07, 6.45) is -1.67. The van der Waals surface area contributed by atoms with Crippen LogP contribution in [0.4, 0.5) is 24.5 Å². The highest BCUT2D eigenvalue weighted by atomic mass is 79.9. The molecule has 0 aliphatic rings. The summed E-state index contributed by atoms with van der Waals surface area (Å²) in [6.45, 7) is 0.325. The van der Waals surface area contributed by atoms with E-state index in [9.17, 15) is 18.0 Å². The molecular weight excluding hydrogens is 355 g/mol. The van der Waals surface area contributed by atoms with Crippen LogP contribution in [0.25, 0.3) is 0 Å². The number of halogens is 4. The molecule has 2 aromatic heterocycles. The number of hydrogen-bond acceptors (Lipinski definition) is 4. The molecule has 0 aromatic carbocycles. The lowest BCUT2D eigenvalue weighted by Gasteiger charge is -2.11. The Bertz CT molecular complexity index is 722. The molecule has 10 heteroatoms. The first-order valence-corrected chi connectivity index (χ1v) is 6.56. The molecule has 0 fully saturated rings. The van der Waals surface area contributed by atoms with E-state index in [2.05, 4.69) is 31.4 Å². The van der Waals surface area contributed by atoms with Crippen LogP contribution in [-0.2, 0) is 13.6 Å². The molecule has 1 N–H and O–H groups in total. The SMILES string of the molecule is Cc1nn(C)cc1Nc1cnn(CC(F)(F)F)c(=O)c1Br. The lowest BCUT2D eigenvalue weighted by molar-refractivity contribution is -0.143. The highest BCUT2D eigenvalue weighted by Crippen LogP contribution is 2.24. The van der Waals surface area contributed by atoms with E-state index in [1.54, 1.807) is 24.9 Å². The van der Waals surface area contributed by atoms with Gasteiger partial charge < -0.3 is 5.32 Å². The van der Waals surface area contributed by atoms with Crippen molar-refractivity contribution in [3.63, 3.8) is 0 Å². The first-order valence-electron chi connectivity index (χ1n) is 5.77. The normalized spacial score (nSPS) is 11.7. The molecule has 2 rings (SSSR count). The smallest absolute Gasteiger partial charge is 0.350 e. The van der Waals surface area contributed by atoms with Crippen LogP contribution in [0.15, 0.2) is 21.7 Å². The van der Waals surface area contributed by atoms with Gasteiger partial charge in [-0.05, 0) is 22.9 Å². The summed E-state index contributed by atoms with van der Waals surface area (Å²) in [5.74, 6) is 0. The Kier molecular flexibility index (Phi) is 4.08. The minimum absolute atomic E-state index is 0.0231. The summed E-state index contributed by atoms with van der Waals surface area (Å²) in [7, 11) is 1.73. The van der Waals surface area contributed by atoms with E-state index in [0.29, 0.717) is 16.1 Å². The number of rotatable bonds is 3. The van der Waals surface area contributed by atoms with Gasteiger partial charge in [0.05, 0.1) is 23.3 Å². The van der Waals surface area contributed by atoms with Crippen molar-refractivity contribution < 1.29 is 13.2 Å². The molecule has 0 bridgehead atoms. The van der Waals surface area contributed by atoms with Gasteiger partial charge in [-0.1, -0.05) is 0 Å². The van der Waals surface area contributed by atoms with Gasteiger partial charge in [0.15, 0.2) is 0 Å². The number of nitrogens with one attached hydrogen (secondary N) is 1. The molecule has 0 radical (unpaired) electrons. The summed E-state index contributed by atoms with van der Waals surface area (Å²) >= 11 is 3.00. The summed E-state index contributed by atoms with van der Waals surface area (Å²) < 4.78 is 38.8. The Morgan fingerprint density at radius 3 is 2.57 bits per heavy atom. The van der Waals surface area contributed by atoms with E-state index in [1.807, 2.05) is 0 Å². The van der Waals surface area contributed by atoms with Gasteiger partial charge in [-0.25, -0.2) is 4.68 Å². The molecule has 0 unspecified atom stereocenters. The molecule has 21 heavy (non-hydrogen) atoms. The lowest BCUT2D eigenvalue weighted by atomic mass is 10.3. The maximum atomic E-state index is 12.3. The molecule has 0 spiro atoms. The van der Waals surface area contributed by atoms with Gasteiger partial charge in [-0.3, -0.25) is 9.48 Å². The molecule has 0 atom stereocenters. The van der Waals surface area contributed by atoms with Crippen LogP contribution in [0.5, 0.6) is 0 Å². The number of hydrogen-bond donors (Lipinski definition) is 1. The molecule has 6 nitrogen and oxygen atoms in total. The third-order valence-corrected chi connectivity index (χ3v) is 3.36. The van der Waals surface area contributed by atoms with Gasteiger partial charge in [0.25, 0.3) is 5.56 Å². The number of aromatic nitrogens is 4. The van der Waals surface area contributed by atoms with Crippen molar-refractivity contribution in [1.82, 2.24) is 19.6 Å². The summed E-state index contributed by atoms with van der Waals surface area (Å²) in [5.41, 5.74) is 0.727. The molecule has 2 aromatic rings. The summed E-state index contributed by atoms with van der Waals surface area (Å²) in [5, 5.41) is 10.5. The second-order valence-electron chi connectivity index (χ2n) is 4.38. The van der Waals surface area contributed by atoms with Gasteiger partial charge in [0.1, 0.15) is 11.0 Å². The van der Waals surface area contributed by atoms with E-state index in [-0.39, 0.29) is 10.2 Å². The first-order chi connectivity index (χ1) is 9.67. The highest BCUT2D eigenvalue weighted by molar-refractivity contribution is 9.10. The fourth-order valence-electron chi connectivity index (χ4n) is 1.70. The number of nitrogens with zero attached hydrogens (tertiary/aromatic N) is 4. The Morgan fingerprint density at radius 2 is 2.05 bits per heavy atom. The summed E-state index contributed by atoms with van der Waals surface area (Å²) in [4.78, 5) is 11.8. The third kappa shape index (κ3) is 3.63. The van der Waals surface area contributed by atoms with E-state index in [1.165, 1.54) is 0 Å². The molecule has 0 aliphatic carbocycles. The van der Waals surface area contributed by atoms with E-state index < -0.39 is 18.3 Å². The van der Waals surface area contributed by atoms with Crippen molar-refractivity contribution in [3.05, 3.63) is 32.9 Å². The zero-order chi connectivity index (χ0) is 15.8. The van der Waals surface area contributed by atoms with Crippen molar-refractivity contribution in [2.45, 2.75) is 19.6 Å². The Labute approximate surface area is 125 Å². The minimum Gasteiger partial charge on any atom is -0.350 e. The zero-order valence-electron chi connectivity index (χ0n) is 11.1. The second-order valence-corrected chi connectivity index (χ2v) is 5.17. The quantitative estimate of drug-likeness (QED) is 0.906. The van der Waals surface area contributed by atoms with Gasteiger partial charge in [-0.2, -0.15) is 23.4 Å². The van der Waals surface area contributed by atoms with Gasteiger partial charge >= 0.3 is 6.18 Å². The fourth-order valence-corrected chi connectivity index (χ4v) is 2.11. The fraction of sp³-hybridized carbons (Fsp3) is 0.364. The van der Waals surface area contributed by atoms with Crippen LogP contribution in [0.3, 0.4) is 0 Å². The van der Waals surface area contributed by atoms with Crippen LogP contribution < -0.4 is 10.9 Å². The first kappa shape index (κ1) is 15.5. The molecule has 2 heterocycles. The van der Waals surface area contributed by atoms with Crippen molar-refractivity contribution in [1.29, 1.82) is 0 Å². The van der Waals surface area contributed by atoms with Crippen molar-refractivity contribution in [3.8, 4) is 0 Å². The van der Waals surface area contributed by atoms with Crippen LogP contribution in [0.2, 0.25) is 0 Å². The number of anilines is 2. The second kappa shape index (κ2) is 5.51. The largest absolute Gasteiger partial charge is 0.408 e. The zero-order valence-corrected chi connectivity index (χ0v) is 12.7. The molecule has 0 aliphatic heterocycles. The monoisotopic (exact) mass is 365 g/mol. The van der Waals surface area contributed by atoms with Crippen LogP contribution in [0.1, 0.15) is 5.69 Å². The average Bonchev–Trinajstić information content (AvgIpc) is 2.66. The Morgan fingerprint density at radius 1 is 1.38 bits per heavy atom. The van der Waals surface area contributed by atoms with Crippen molar-refractivity contribution >= 4 is 27.3 Å².